The molecule has 2 N–H and O–H groups in total. The molecule has 0 bridgehead atoms. The SMILES string of the molecule is C=CCN(CCOC)CC1CCC(N)CC1. The van der Waals surface area contributed by atoms with E-state index in [1.807, 2.05) is 6.08 Å². The van der Waals surface area contributed by atoms with Crippen LogP contribution in [0.25, 0.3) is 0 Å². The Kier molecular flexibility index (Phi) is 6.69. The van der Waals surface area contributed by atoms with E-state index in [4.69, 9.17) is 10.5 Å². The first-order valence-corrected chi connectivity index (χ1v) is 6.34. The number of rotatable bonds is 7. The quantitative estimate of drug-likeness (QED) is 0.671. The summed E-state index contributed by atoms with van der Waals surface area (Å²) in [5.41, 5.74) is 5.92. The second-order valence-electron chi connectivity index (χ2n) is 4.82. The lowest BCUT2D eigenvalue weighted by molar-refractivity contribution is 0.135. The third kappa shape index (κ3) is 5.10. The molecule has 94 valence electrons. The average molecular weight is 226 g/mol. The van der Waals surface area contributed by atoms with Crippen LogP contribution in [-0.4, -0.2) is 44.3 Å². The summed E-state index contributed by atoms with van der Waals surface area (Å²) in [7, 11) is 1.76. The molecule has 0 amide bonds. The molecule has 1 fully saturated rings. The first kappa shape index (κ1) is 13.7. The molecule has 1 aliphatic rings. The van der Waals surface area contributed by atoms with Crippen molar-refractivity contribution in [2.24, 2.45) is 11.7 Å². The third-order valence-electron chi connectivity index (χ3n) is 3.41. The van der Waals surface area contributed by atoms with Gasteiger partial charge in [-0.1, -0.05) is 6.08 Å². The Morgan fingerprint density at radius 1 is 1.38 bits per heavy atom. The summed E-state index contributed by atoms with van der Waals surface area (Å²) in [6.07, 6.45) is 6.92. The molecule has 0 atom stereocenters. The Morgan fingerprint density at radius 2 is 2.06 bits per heavy atom. The monoisotopic (exact) mass is 226 g/mol. The van der Waals surface area contributed by atoms with Gasteiger partial charge in [-0.05, 0) is 31.6 Å². The second-order valence-corrected chi connectivity index (χ2v) is 4.82. The van der Waals surface area contributed by atoms with Crippen LogP contribution in [0.5, 0.6) is 0 Å². The van der Waals surface area contributed by atoms with Crippen molar-refractivity contribution in [1.29, 1.82) is 0 Å². The smallest absolute Gasteiger partial charge is 0.0589 e. The Morgan fingerprint density at radius 3 is 2.62 bits per heavy atom. The molecule has 0 radical (unpaired) electrons. The van der Waals surface area contributed by atoms with Crippen molar-refractivity contribution in [2.75, 3.05) is 33.4 Å². The zero-order valence-electron chi connectivity index (χ0n) is 10.5. The fraction of sp³-hybridized carbons (Fsp3) is 0.846. The predicted molar refractivity (Wildman–Crippen MR) is 68.4 cm³/mol. The zero-order chi connectivity index (χ0) is 11.8. The third-order valence-corrected chi connectivity index (χ3v) is 3.41. The maximum Gasteiger partial charge on any atom is 0.0589 e. The van der Waals surface area contributed by atoms with Gasteiger partial charge in [0.1, 0.15) is 0 Å². The van der Waals surface area contributed by atoms with Crippen LogP contribution in [-0.2, 0) is 4.74 Å². The molecule has 0 aromatic carbocycles. The van der Waals surface area contributed by atoms with Crippen molar-refractivity contribution < 1.29 is 4.74 Å². The van der Waals surface area contributed by atoms with E-state index in [2.05, 4.69) is 11.5 Å². The lowest BCUT2D eigenvalue weighted by Crippen LogP contribution is -2.36. The van der Waals surface area contributed by atoms with Gasteiger partial charge in [-0.25, -0.2) is 0 Å². The molecule has 1 aliphatic carbocycles. The minimum absolute atomic E-state index is 0.447. The van der Waals surface area contributed by atoms with Gasteiger partial charge in [0.15, 0.2) is 0 Å². The first-order valence-electron chi connectivity index (χ1n) is 6.34. The van der Waals surface area contributed by atoms with Crippen molar-refractivity contribution in [3.05, 3.63) is 12.7 Å². The fourth-order valence-electron chi connectivity index (χ4n) is 2.40. The normalized spacial score (nSPS) is 25.9. The largest absolute Gasteiger partial charge is 0.383 e. The van der Waals surface area contributed by atoms with Crippen LogP contribution in [0.2, 0.25) is 0 Å². The topological polar surface area (TPSA) is 38.5 Å². The predicted octanol–water partition coefficient (Wildman–Crippen LogP) is 1.64. The molecule has 16 heavy (non-hydrogen) atoms. The van der Waals surface area contributed by atoms with E-state index in [-0.39, 0.29) is 0 Å². The number of hydrogen-bond donors (Lipinski definition) is 1. The van der Waals surface area contributed by atoms with Gasteiger partial charge in [-0.3, -0.25) is 4.90 Å². The number of hydrogen-bond acceptors (Lipinski definition) is 3. The summed E-state index contributed by atoms with van der Waals surface area (Å²) in [6, 6.07) is 0.447. The van der Waals surface area contributed by atoms with Gasteiger partial charge in [0.2, 0.25) is 0 Å². The molecule has 1 rings (SSSR count). The summed E-state index contributed by atoms with van der Waals surface area (Å²) >= 11 is 0. The van der Waals surface area contributed by atoms with Crippen molar-refractivity contribution in [3.8, 4) is 0 Å². The highest BCUT2D eigenvalue weighted by Crippen LogP contribution is 2.23. The van der Waals surface area contributed by atoms with E-state index in [9.17, 15) is 0 Å². The molecular weight excluding hydrogens is 200 g/mol. The highest BCUT2D eigenvalue weighted by Gasteiger charge is 2.20. The van der Waals surface area contributed by atoms with Crippen LogP contribution >= 0.6 is 0 Å². The van der Waals surface area contributed by atoms with Crippen LogP contribution < -0.4 is 5.73 Å². The number of ether oxygens (including phenoxy) is 1. The van der Waals surface area contributed by atoms with E-state index in [0.717, 1.165) is 25.6 Å². The maximum atomic E-state index is 5.92. The van der Waals surface area contributed by atoms with Crippen molar-refractivity contribution in [2.45, 2.75) is 31.7 Å². The van der Waals surface area contributed by atoms with Crippen LogP contribution in [0.4, 0.5) is 0 Å². The van der Waals surface area contributed by atoms with Gasteiger partial charge < -0.3 is 10.5 Å². The van der Waals surface area contributed by atoms with E-state index >= 15 is 0 Å². The van der Waals surface area contributed by atoms with Crippen molar-refractivity contribution >= 4 is 0 Å². The lowest BCUT2D eigenvalue weighted by Gasteiger charge is -2.31. The number of methoxy groups -OCH3 is 1. The van der Waals surface area contributed by atoms with Crippen LogP contribution in [0.1, 0.15) is 25.7 Å². The average Bonchev–Trinajstić information content (AvgIpc) is 2.29. The Labute approximate surface area is 99.6 Å². The highest BCUT2D eigenvalue weighted by atomic mass is 16.5. The molecule has 0 aliphatic heterocycles. The molecular formula is C13H26N2O. The molecule has 3 nitrogen and oxygen atoms in total. The first-order chi connectivity index (χ1) is 7.76. The fourth-order valence-corrected chi connectivity index (χ4v) is 2.40. The Bertz CT molecular complexity index is 188. The van der Waals surface area contributed by atoms with Crippen molar-refractivity contribution in [1.82, 2.24) is 4.90 Å². The lowest BCUT2D eigenvalue weighted by atomic mass is 9.86. The summed E-state index contributed by atoms with van der Waals surface area (Å²) < 4.78 is 5.13. The molecule has 0 unspecified atom stereocenters. The standard InChI is InChI=1S/C13H26N2O/c1-3-8-15(9-10-16-2)11-12-4-6-13(14)7-5-12/h3,12-13H,1,4-11,14H2,2H3. The summed E-state index contributed by atoms with van der Waals surface area (Å²) in [4.78, 5) is 2.43. The van der Waals surface area contributed by atoms with Gasteiger partial charge in [-0.2, -0.15) is 0 Å². The molecule has 1 saturated carbocycles. The zero-order valence-corrected chi connectivity index (χ0v) is 10.5. The Hall–Kier alpha value is -0.380. The molecule has 3 heteroatoms. The van der Waals surface area contributed by atoms with Crippen LogP contribution in [0.15, 0.2) is 12.7 Å². The summed E-state index contributed by atoms with van der Waals surface area (Å²) in [6.45, 7) is 7.75. The van der Waals surface area contributed by atoms with Gasteiger partial charge in [0, 0.05) is 32.8 Å². The highest BCUT2D eigenvalue weighted by molar-refractivity contribution is 4.79. The van der Waals surface area contributed by atoms with Crippen LogP contribution in [0, 0.1) is 5.92 Å². The van der Waals surface area contributed by atoms with E-state index < -0.39 is 0 Å². The minimum Gasteiger partial charge on any atom is -0.383 e. The van der Waals surface area contributed by atoms with E-state index in [0.29, 0.717) is 6.04 Å². The minimum atomic E-state index is 0.447. The van der Waals surface area contributed by atoms with Gasteiger partial charge in [-0.15, -0.1) is 6.58 Å². The second kappa shape index (κ2) is 7.82. The number of nitrogens with zero attached hydrogens (tertiary/aromatic N) is 1. The molecule has 0 spiro atoms. The molecule has 0 heterocycles. The summed E-state index contributed by atoms with van der Waals surface area (Å²) in [5.74, 6) is 0.816. The van der Waals surface area contributed by atoms with Crippen LogP contribution in [0.3, 0.4) is 0 Å². The van der Waals surface area contributed by atoms with E-state index in [1.165, 1.54) is 32.2 Å². The summed E-state index contributed by atoms with van der Waals surface area (Å²) in [5, 5.41) is 0. The van der Waals surface area contributed by atoms with Gasteiger partial charge in [0.05, 0.1) is 6.61 Å². The van der Waals surface area contributed by atoms with Crippen molar-refractivity contribution in [3.63, 3.8) is 0 Å². The molecule has 0 aromatic rings. The van der Waals surface area contributed by atoms with Gasteiger partial charge in [0.25, 0.3) is 0 Å². The Balaban J connectivity index is 2.26. The molecule has 0 aromatic heterocycles. The number of nitrogens with two attached hydrogens (primary N) is 1. The van der Waals surface area contributed by atoms with Gasteiger partial charge >= 0.3 is 0 Å². The van der Waals surface area contributed by atoms with E-state index in [1.54, 1.807) is 7.11 Å². The molecule has 0 saturated heterocycles. The maximum absolute atomic E-state index is 5.92.